The Morgan fingerprint density at radius 2 is 1.76 bits per heavy atom. The van der Waals surface area contributed by atoms with Crippen LogP contribution in [-0.2, 0) is 0 Å². The summed E-state index contributed by atoms with van der Waals surface area (Å²) in [4.78, 5) is 0. The van der Waals surface area contributed by atoms with Crippen molar-refractivity contribution in [3.63, 3.8) is 0 Å². The second-order valence-electron chi connectivity index (χ2n) is 6.11. The Balaban J connectivity index is 2.16. The summed E-state index contributed by atoms with van der Waals surface area (Å²) < 4.78 is 6.13. The molecule has 2 aromatic carbocycles. The monoisotopic (exact) mass is 303 g/mol. The first kappa shape index (κ1) is 15.9. The molecule has 0 fully saturated rings. The van der Waals surface area contributed by atoms with Gasteiger partial charge in [0.05, 0.1) is 0 Å². The fraction of sp³-hybridized carbons (Fsp3) is 0.333. The van der Waals surface area contributed by atoms with E-state index < -0.39 is 0 Å². The van der Waals surface area contributed by atoms with E-state index in [0.29, 0.717) is 5.02 Å². The standard InChI is InChI=1S/C18H22ClNO/c1-18(2,3)20-13-17(14-8-5-4-6-9-14)21-16-11-7-10-15(19)12-16/h4-12,17,20H,13H2,1-3H3. The summed E-state index contributed by atoms with van der Waals surface area (Å²) in [5.74, 6) is 0.784. The smallest absolute Gasteiger partial charge is 0.136 e. The predicted octanol–water partition coefficient (Wildman–Crippen LogP) is 4.85. The number of nitrogens with one attached hydrogen (secondary N) is 1. The molecule has 2 rings (SSSR count). The molecule has 0 spiro atoms. The molecule has 0 saturated heterocycles. The van der Waals surface area contributed by atoms with E-state index in [1.165, 1.54) is 0 Å². The largest absolute Gasteiger partial charge is 0.484 e. The molecule has 21 heavy (non-hydrogen) atoms. The highest BCUT2D eigenvalue weighted by atomic mass is 35.5. The van der Waals surface area contributed by atoms with Gasteiger partial charge >= 0.3 is 0 Å². The molecule has 0 saturated carbocycles. The Hall–Kier alpha value is -1.51. The molecule has 0 aliphatic carbocycles. The van der Waals surface area contributed by atoms with Gasteiger partial charge < -0.3 is 10.1 Å². The van der Waals surface area contributed by atoms with Crippen LogP contribution >= 0.6 is 11.6 Å². The Labute approximate surface area is 132 Å². The first-order valence-electron chi connectivity index (χ1n) is 7.16. The summed E-state index contributed by atoms with van der Waals surface area (Å²) in [6.45, 7) is 7.18. The lowest BCUT2D eigenvalue weighted by Gasteiger charge is -2.26. The number of ether oxygens (including phenoxy) is 1. The van der Waals surface area contributed by atoms with Gasteiger partial charge in [-0.25, -0.2) is 0 Å². The summed E-state index contributed by atoms with van der Waals surface area (Å²) >= 11 is 6.03. The molecule has 0 bridgehead atoms. The summed E-state index contributed by atoms with van der Waals surface area (Å²) in [7, 11) is 0. The van der Waals surface area contributed by atoms with Gasteiger partial charge in [0.25, 0.3) is 0 Å². The van der Waals surface area contributed by atoms with Crippen LogP contribution in [0.3, 0.4) is 0 Å². The third-order valence-corrected chi connectivity index (χ3v) is 3.30. The van der Waals surface area contributed by atoms with Crippen LogP contribution in [0, 0.1) is 0 Å². The van der Waals surface area contributed by atoms with E-state index in [1.807, 2.05) is 42.5 Å². The Morgan fingerprint density at radius 3 is 2.38 bits per heavy atom. The number of rotatable bonds is 5. The normalized spacial score (nSPS) is 13.0. The molecule has 0 heterocycles. The fourth-order valence-electron chi connectivity index (χ4n) is 2.00. The molecular formula is C18H22ClNO. The molecule has 3 heteroatoms. The van der Waals surface area contributed by atoms with Gasteiger partial charge in [-0.2, -0.15) is 0 Å². The van der Waals surface area contributed by atoms with Crippen molar-refractivity contribution in [3.05, 3.63) is 65.2 Å². The summed E-state index contributed by atoms with van der Waals surface area (Å²) in [5, 5.41) is 4.18. The highest BCUT2D eigenvalue weighted by Crippen LogP contribution is 2.24. The van der Waals surface area contributed by atoms with Gasteiger partial charge in [-0.3, -0.25) is 0 Å². The van der Waals surface area contributed by atoms with Crippen molar-refractivity contribution >= 4 is 11.6 Å². The van der Waals surface area contributed by atoms with Crippen molar-refractivity contribution in [1.29, 1.82) is 0 Å². The van der Waals surface area contributed by atoms with Crippen LogP contribution in [0.2, 0.25) is 5.02 Å². The second-order valence-corrected chi connectivity index (χ2v) is 6.54. The molecule has 1 atom stereocenters. The van der Waals surface area contributed by atoms with E-state index in [-0.39, 0.29) is 11.6 Å². The quantitative estimate of drug-likeness (QED) is 0.852. The zero-order chi connectivity index (χ0) is 15.3. The summed E-state index contributed by atoms with van der Waals surface area (Å²) in [6.07, 6.45) is -0.0520. The van der Waals surface area contributed by atoms with Crippen LogP contribution in [0.4, 0.5) is 0 Å². The van der Waals surface area contributed by atoms with Crippen LogP contribution in [0.25, 0.3) is 0 Å². The van der Waals surface area contributed by atoms with Gasteiger partial charge in [0.15, 0.2) is 0 Å². The van der Waals surface area contributed by atoms with E-state index in [9.17, 15) is 0 Å². The van der Waals surface area contributed by atoms with Crippen LogP contribution in [0.15, 0.2) is 54.6 Å². The van der Waals surface area contributed by atoms with E-state index in [0.717, 1.165) is 17.9 Å². The predicted molar refractivity (Wildman–Crippen MR) is 89.0 cm³/mol. The van der Waals surface area contributed by atoms with Crippen LogP contribution < -0.4 is 10.1 Å². The summed E-state index contributed by atoms with van der Waals surface area (Å²) in [5.41, 5.74) is 1.19. The number of hydrogen-bond donors (Lipinski definition) is 1. The van der Waals surface area contributed by atoms with Gasteiger partial charge in [0, 0.05) is 17.1 Å². The number of halogens is 1. The first-order chi connectivity index (χ1) is 9.94. The molecule has 0 aliphatic heterocycles. The van der Waals surface area contributed by atoms with Crippen LogP contribution in [0.1, 0.15) is 32.4 Å². The average molecular weight is 304 g/mol. The first-order valence-corrected chi connectivity index (χ1v) is 7.54. The van der Waals surface area contributed by atoms with Crippen LogP contribution in [-0.4, -0.2) is 12.1 Å². The molecule has 0 aliphatic rings. The van der Waals surface area contributed by atoms with Gasteiger partial charge in [0.2, 0.25) is 0 Å². The maximum absolute atomic E-state index is 6.13. The molecule has 0 aromatic heterocycles. The van der Waals surface area contributed by atoms with Crippen molar-refractivity contribution < 1.29 is 4.74 Å². The summed E-state index contributed by atoms with van der Waals surface area (Å²) in [6, 6.07) is 17.8. The van der Waals surface area contributed by atoms with E-state index in [2.05, 4.69) is 38.2 Å². The number of hydrogen-bond acceptors (Lipinski definition) is 2. The van der Waals surface area contributed by atoms with Gasteiger partial charge in [-0.15, -0.1) is 0 Å². The minimum atomic E-state index is -0.0520. The van der Waals surface area contributed by atoms with E-state index in [4.69, 9.17) is 16.3 Å². The highest BCUT2D eigenvalue weighted by Gasteiger charge is 2.17. The van der Waals surface area contributed by atoms with E-state index in [1.54, 1.807) is 0 Å². The topological polar surface area (TPSA) is 21.3 Å². The van der Waals surface area contributed by atoms with E-state index >= 15 is 0 Å². The highest BCUT2D eigenvalue weighted by molar-refractivity contribution is 6.30. The maximum atomic E-state index is 6.13. The van der Waals surface area contributed by atoms with Crippen LogP contribution in [0.5, 0.6) is 5.75 Å². The molecule has 2 aromatic rings. The third kappa shape index (κ3) is 5.41. The second kappa shape index (κ2) is 6.97. The molecule has 1 N–H and O–H groups in total. The molecular weight excluding hydrogens is 282 g/mol. The Kier molecular flexibility index (Phi) is 5.27. The molecule has 1 unspecified atom stereocenters. The lowest BCUT2D eigenvalue weighted by atomic mass is 10.1. The van der Waals surface area contributed by atoms with Gasteiger partial charge in [-0.05, 0) is 44.5 Å². The van der Waals surface area contributed by atoms with Crippen molar-refractivity contribution in [2.75, 3.05) is 6.54 Å². The fourth-order valence-corrected chi connectivity index (χ4v) is 2.18. The van der Waals surface area contributed by atoms with Crippen molar-refractivity contribution in [2.45, 2.75) is 32.4 Å². The lowest BCUT2D eigenvalue weighted by molar-refractivity contribution is 0.188. The molecule has 112 valence electrons. The van der Waals surface area contributed by atoms with Gasteiger partial charge in [0.1, 0.15) is 11.9 Å². The van der Waals surface area contributed by atoms with Gasteiger partial charge in [-0.1, -0.05) is 48.0 Å². The third-order valence-electron chi connectivity index (χ3n) is 3.06. The molecule has 0 amide bonds. The van der Waals surface area contributed by atoms with Crippen molar-refractivity contribution in [1.82, 2.24) is 5.32 Å². The lowest BCUT2D eigenvalue weighted by Crippen LogP contribution is -2.39. The van der Waals surface area contributed by atoms with Crippen molar-refractivity contribution in [2.24, 2.45) is 0 Å². The zero-order valence-electron chi connectivity index (χ0n) is 12.8. The zero-order valence-corrected chi connectivity index (χ0v) is 13.5. The average Bonchev–Trinajstić information content (AvgIpc) is 2.43. The SMILES string of the molecule is CC(C)(C)NCC(Oc1cccc(Cl)c1)c1ccccc1. The molecule has 2 nitrogen and oxygen atoms in total. The Morgan fingerprint density at radius 1 is 1.05 bits per heavy atom. The minimum absolute atomic E-state index is 0.0464. The Bertz CT molecular complexity index is 563. The minimum Gasteiger partial charge on any atom is -0.484 e. The number of benzene rings is 2. The maximum Gasteiger partial charge on any atom is 0.136 e. The molecule has 0 radical (unpaired) electrons. The van der Waals surface area contributed by atoms with Crippen molar-refractivity contribution in [3.8, 4) is 5.75 Å².